The number of hydrogen-bond donors (Lipinski definition) is 1. The molecule has 0 spiro atoms. The largest absolute Gasteiger partial charge is 0.327 e. The normalized spacial score (nSPS) is 18.6. The molecule has 1 aromatic carbocycles. The zero-order chi connectivity index (χ0) is 20.7. The van der Waals surface area contributed by atoms with Gasteiger partial charge in [0.15, 0.2) is 0 Å². The molecule has 0 amide bonds. The smallest absolute Gasteiger partial charge is 0.248 e. The van der Waals surface area contributed by atoms with Crippen LogP contribution >= 0.6 is 0 Å². The van der Waals surface area contributed by atoms with Gasteiger partial charge in [-0.2, -0.15) is 0 Å². The van der Waals surface area contributed by atoms with Crippen molar-refractivity contribution in [3.63, 3.8) is 0 Å². The fourth-order valence-corrected chi connectivity index (χ4v) is 4.41. The summed E-state index contributed by atoms with van der Waals surface area (Å²) in [5, 5.41) is 5.10. The molecule has 3 rings (SSSR count). The standard InChI is InChI=1S/C20H29F2N3O2S/c1-19(2,3)18-24-16-12-14(8-11-28(23,26)27)4-5-17(16)25(18)13-15-6-9-20(21,22)10-7-15/h4-5,12,15H,6-11,13H2,1-3H3,(H2,23,26,27). The van der Waals surface area contributed by atoms with E-state index >= 15 is 0 Å². The van der Waals surface area contributed by atoms with Crippen LogP contribution in [0.3, 0.4) is 0 Å². The molecule has 1 aromatic heterocycles. The van der Waals surface area contributed by atoms with Gasteiger partial charge in [0.25, 0.3) is 0 Å². The Morgan fingerprint density at radius 2 is 1.89 bits per heavy atom. The van der Waals surface area contributed by atoms with Crippen LogP contribution < -0.4 is 5.14 Å². The molecular formula is C20H29F2N3O2S. The van der Waals surface area contributed by atoms with Crippen molar-refractivity contribution in [3.05, 3.63) is 29.6 Å². The van der Waals surface area contributed by atoms with Crippen molar-refractivity contribution in [1.29, 1.82) is 0 Å². The Morgan fingerprint density at radius 1 is 1.25 bits per heavy atom. The van der Waals surface area contributed by atoms with Crippen LogP contribution in [0.25, 0.3) is 11.0 Å². The first-order valence-corrected chi connectivity index (χ1v) is 11.4. The highest BCUT2D eigenvalue weighted by Gasteiger charge is 2.35. The lowest BCUT2D eigenvalue weighted by Gasteiger charge is -2.30. The molecule has 0 bridgehead atoms. The highest BCUT2D eigenvalue weighted by Crippen LogP contribution is 2.38. The lowest BCUT2D eigenvalue weighted by atomic mass is 9.86. The number of imidazole rings is 1. The molecule has 0 saturated heterocycles. The maximum absolute atomic E-state index is 13.5. The maximum Gasteiger partial charge on any atom is 0.248 e. The van der Waals surface area contributed by atoms with Crippen LogP contribution in [0, 0.1) is 5.92 Å². The van der Waals surface area contributed by atoms with Gasteiger partial charge in [-0.1, -0.05) is 26.8 Å². The number of alkyl halides is 2. The topological polar surface area (TPSA) is 78.0 Å². The van der Waals surface area contributed by atoms with E-state index in [4.69, 9.17) is 10.1 Å². The fraction of sp³-hybridized carbons (Fsp3) is 0.650. The van der Waals surface area contributed by atoms with E-state index in [1.165, 1.54) is 0 Å². The summed E-state index contributed by atoms with van der Waals surface area (Å²) < 4.78 is 51.6. The van der Waals surface area contributed by atoms with Gasteiger partial charge < -0.3 is 4.57 Å². The van der Waals surface area contributed by atoms with Gasteiger partial charge in [0.2, 0.25) is 15.9 Å². The summed E-state index contributed by atoms with van der Waals surface area (Å²) in [6, 6.07) is 5.75. The van der Waals surface area contributed by atoms with Crippen LogP contribution in [0.2, 0.25) is 0 Å². The lowest BCUT2D eigenvalue weighted by molar-refractivity contribution is -0.0473. The Hall–Kier alpha value is -1.54. The van der Waals surface area contributed by atoms with Crippen LogP contribution in [0.1, 0.15) is 57.8 Å². The summed E-state index contributed by atoms with van der Waals surface area (Å²) in [5.74, 6) is -1.51. The number of nitrogens with two attached hydrogens (primary N) is 1. The first-order valence-electron chi connectivity index (χ1n) is 9.72. The SMILES string of the molecule is CC(C)(C)c1nc2cc(CCS(N)(=O)=O)ccc2n1CC1CCC(F)(F)CC1. The molecule has 0 unspecified atom stereocenters. The number of benzene rings is 1. The van der Waals surface area contributed by atoms with Crippen molar-refractivity contribution in [3.8, 4) is 0 Å². The van der Waals surface area contributed by atoms with Crippen molar-refractivity contribution in [2.75, 3.05) is 5.75 Å². The van der Waals surface area contributed by atoms with E-state index in [0.717, 1.165) is 22.4 Å². The number of primary sulfonamides is 1. The summed E-state index contributed by atoms with van der Waals surface area (Å²) in [5.41, 5.74) is 2.43. The summed E-state index contributed by atoms with van der Waals surface area (Å²) in [7, 11) is -3.52. The number of rotatable bonds is 5. The molecular weight excluding hydrogens is 384 g/mol. The second-order valence-corrected chi connectivity index (χ2v) is 10.8. The van der Waals surface area contributed by atoms with E-state index in [2.05, 4.69) is 25.3 Å². The van der Waals surface area contributed by atoms with Crippen molar-refractivity contribution in [2.24, 2.45) is 11.1 Å². The van der Waals surface area contributed by atoms with Crippen molar-refractivity contribution < 1.29 is 17.2 Å². The zero-order valence-corrected chi connectivity index (χ0v) is 17.5. The van der Waals surface area contributed by atoms with Crippen molar-refractivity contribution in [1.82, 2.24) is 9.55 Å². The molecule has 2 aromatic rings. The molecule has 1 fully saturated rings. The average Bonchev–Trinajstić information content (AvgIpc) is 2.92. The maximum atomic E-state index is 13.5. The van der Waals surface area contributed by atoms with Crippen molar-refractivity contribution >= 4 is 21.1 Å². The molecule has 0 atom stereocenters. The van der Waals surface area contributed by atoms with Gasteiger partial charge in [0, 0.05) is 24.8 Å². The number of aromatic nitrogens is 2. The molecule has 156 valence electrons. The molecule has 5 nitrogen and oxygen atoms in total. The zero-order valence-electron chi connectivity index (χ0n) is 16.7. The van der Waals surface area contributed by atoms with E-state index in [1.807, 2.05) is 18.2 Å². The van der Waals surface area contributed by atoms with Crippen molar-refractivity contribution in [2.45, 2.75) is 70.8 Å². The van der Waals surface area contributed by atoms with Crippen LogP contribution in [0.4, 0.5) is 8.78 Å². The van der Waals surface area contributed by atoms with Gasteiger partial charge in [0.05, 0.1) is 16.8 Å². The fourth-order valence-electron chi connectivity index (χ4n) is 3.89. The third kappa shape index (κ3) is 5.08. The average molecular weight is 414 g/mol. The Kier molecular flexibility index (Phi) is 5.57. The van der Waals surface area contributed by atoms with E-state index in [-0.39, 0.29) is 29.9 Å². The Morgan fingerprint density at radius 3 is 2.46 bits per heavy atom. The Bertz CT molecular complexity index is 952. The summed E-state index contributed by atoms with van der Waals surface area (Å²) in [4.78, 5) is 4.82. The molecule has 0 aliphatic heterocycles. The Labute approximate surface area is 165 Å². The highest BCUT2D eigenvalue weighted by atomic mass is 32.2. The molecule has 1 aliphatic carbocycles. The van der Waals surface area contributed by atoms with Crippen LogP contribution in [0.15, 0.2) is 18.2 Å². The predicted octanol–water partition coefficient (Wildman–Crippen LogP) is 3.99. The minimum absolute atomic E-state index is 0.0488. The second kappa shape index (κ2) is 7.37. The molecule has 2 N–H and O–H groups in total. The number of halogens is 2. The van der Waals surface area contributed by atoms with Gasteiger partial charge in [0.1, 0.15) is 5.82 Å². The van der Waals surface area contributed by atoms with Gasteiger partial charge in [-0.3, -0.25) is 0 Å². The Balaban J connectivity index is 1.91. The number of sulfonamides is 1. The van der Waals surface area contributed by atoms with E-state index in [1.54, 1.807) is 0 Å². The van der Waals surface area contributed by atoms with Gasteiger partial charge in [-0.05, 0) is 42.9 Å². The molecule has 0 radical (unpaired) electrons. The van der Waals surface area contributed by atoms with Crippen LogP contribution in [-0.4, -0.2) is 29.6 Å². The minimum atomic E-state index is -3.52. The van der Waals surface area contributed by atoms with E-state index < -0.39 is 15.9 Å². The van der Waals surface area contributed by atoms with Crippen LogP contribution in [-0.2, 0) is 28.4 Å². The summed E-state index contributed by atoms with van der Waals surface area (Å²) in [6.45, 7) is 6.93. The summed E-state index contributed by atoms with van der Waals surface area (Å²) >= 11 is 0. The molecule has 1 saturated carbocycles. The summed E-state index contributed by atoms with van der Waals surface area (Å²) in [6.07, 6.45) is 1.27. The number of fused-ring (bicyclic) bond motifs is 1. The molecule has 28 heavy (non-hydrogen) atoms. The molecule has 8 heteroatoms. The lowest BCUT2D eigenvalue weighted by Crippen LogP contribution is -2.28. The van der Waals surface area contributed by atoms with E-state index in [9.17, 15) is 17.2 Å². The minimum Gasteiger partial charge on any atom is -0.327 e. The molecule has 1 aliphatic rings. The monoisotopic (exact) mass is 413 g/mol. The predicted molar refractivity (Wildman–Crippen MR) is 107 cm³/mol. The third-order valence-corrected chi connectivity index (χ3v) is 6.21. The quantitative estimate of drug-likeness (QED) is 0.805. The second-order valence-electron chi connectivity index (χ2n) is 9.04. The van der Waals surface area contributed by atoms with Crippen LogP contribution in [0.5, 0.6) is 0 Å². The van der Waals surface area contributed by atoms with Gasteiger partial charge in [-0.25, -0.2) is 27.3 Å². The highest BCUT2D eigenvalue weighted by molar-refractivity contribution is 7.89. The number of nitrogens with zero attached hydrogens (tertiary/aromatic N) is 2. The first kappa shape index (κ1) is 21.2. The third-order valence-electron chi connectivity index (χ3n) is 5.44. The van der Waals surface area contributed by atoms with Gasteiger partial charge >= 0.3 is 0 Å². The number of aryl methyl sites for hydroxylation is 1. The number of hydrogen-bond acceptors (Lipinski definition) is 3. The van der Waals surface area contributed by atoms with Gasteiger partial charge in [-0.15, -0.1) is 0 Å². The van der Waals surface area contributed by atoms with E-state index in [0.29, 0.717) is 25.8 Å². The molecule has 1 heterocycles. The first-order chi connectivity index (χ1) is 12.8.